The van der Waals surface area contributed by atoms with Gasteiger partial charge in [-0.1, -0.05) is 0 Å². The number of amides is 2. The molecule has 1 atom stereocenters. The van der Waals surface area contributed by atoms with Crippen LogP contribution in [0.15, 0.2) is 0 Å². The number of rotatable bonds is 3. The van der Waals surface area contributed by atoms with Crippen molar-refractivity contribution in [2.75, 3.05) is 38.2 Å². The Morgan fingerprint density at radius 1 is 1.37 bits per heavy atom. The van der Waals surface area contributed by atoms with Gasteiger partial charge in [0.25, 0.3) is 0 Å². The van der Waals surface area contributed by atoms with Crippen molar-refractivity contribution >= 4 is 23.6 Å². The number of likely N-dealkylation sites (N-methyl/N-ethyl adjacent to an activating group) is 1. The van der Waals surface area contributed by atoms with Gasteiger partial charge in [-0.05, 0) is 30.3 Å². The van der Waals surface area contributed by atoms with E-state index in [0.717, 1.165) is 19.4 Å². The minimum atomic E-state index is -0.343. The molecule has 0 aromatic rings. The highest BCUT2D eigenvalue weighted by Gasteiger charge is 2.32. The molecule has 2 aliphatic rings. The number of piperazine rings is 1. The molecule has 0 aromatic heterocycles. The molecular weight excluding hydrogens is 262 g/mol. The molecule has 5 nitrogen and oxygen atoms in total. The summed E-state index contributed by atoms with van der Waals surface area (Å²) < 4.78 is 0. The second-order valence-electron chi connectivity index (χ2n) is 5.18. The first-order valence-corrected chi connectivity index (χ1v) is 8.17. The van der Waals surface area contributed by atoms with Crippen LogP contribution in [-0.2, 0) is 9.59 Å². The summed E-state index contributed by atoms with van der Waals surface area (Å²) in [6.07, 6.45) is 2.87. The molecule has 19 heavy (non-hydrogen) atoms. The molecule has 108 valence electrons. The van der Waals surface area contributed by atoms with Crippen LogP contribution in [0.4, 0.5) is 0 Å². The van der Waals surface area contributed by atoms with Gasteiger partial charge in [-0.15, -0.1) is 0 Å². The molecular formula is C13H23N3O2S. The monoisotopic (exact) mass is 285 g/mol. The van der Waals surface area contributed by atoms with Gasteiger partial charge in [-0.25, -0.2) is 0 Å². The maximum Gasteiger partial charge on any atom is 0.243 e. The lowest BCUT2D eigenvalue weighted by atomic mass is 9.97. The topological polar surface area (TPSA) is 61.4 Å². The number of nitrogens with one attached hydrogen (secondary N) is 2. The zero-order chi connectivity index (χ0) is 13.7. The van der Waals surface area contributed by atoms with Gasteiger partial charge in [0.15, 0.2) is 0 Å². The van der Waals surface area contributed by atoms with E-state index in [1.165, 1.54) is 11.5 Å². The minimum Gasteiger partial charge on any atom is -0.357 e. The van der Waals surface area contributed by atoms with Gasteiger partial charge < -0.3 is 15.5 Å². The highest BCUT2D eigenvalue weighted by Crippen LogP contribution is 2.26. The van der Waals surface area contributed by atoms with E-state index < -0.39 is 0 Å². The quantitative estimate of drug-likeness (QED) is 0.770. The highest BCUT2D eigenvalue weighted by molar-refractivity contribution is 7.99. The van der Waals surface area contributed by atoms with Crippen LogP contribution in [0.25, 0.3) is 0 Å². The number of thioether (sulfide) groups is 1. The first-order valence-electron chi connectivity index (χ1n) is 7.02. The molecule has 2 fully saturated rings. The average Bonchev–Trinajstić information content (AvgIpc) is 2.47. The Labute approximate surface area is 118 Å². The third-order valence-electron chi connectivity index (χ3n) is 3.92. The van der Waals surface area contributed by atoms with E-state index in [-0.39, 0.29) is 17.9 Å². The Morgan fingerprint density at radius 2 is 2.11 bits per heavy atom. The molecule has 2 aliphatic heterocycles. The fourth-order valence-corrected chi connectivity index (χ4v) is 3.92. The van der Waals surface area contributed by atoms with Crippen LogP contribution in [0.2, 0.25) is 0 Å². The molecule has 0 bridgehead atoms. The summed E-state index contributed by atoms with van der Waals surface area (Å²) >= 11 is 1.97. The molecule has 2 amide bonds. The summed E-state index contributed by atoms with van der Waals surface area (Å²) in [5, 5.41) is 5.83. The molecule has 6 heteroatoms. The zero-order valence-corrected chi connectivity index (χ0v) is 12.3. The molecule has 0 spiro atoms. The van der Waals surface area contributed by atoms with E-state index in [1.54, 1.807) is 11.9 Å². The Bertz CT molecular complexity index is 332. The molecule has 2 rings (SSSR count). The van der Waals surface area contributed by atoms with Gasteiger partial charge in [0, 0.05) is 33.1 Å². The molecule has 2 heterocycles. The van der Waals surface area contributed by atoms with E-state index in [2.05, 4.69) is 10.6 Å². The number of carbonyl (C=O) groups is 2. The summed E-state index contributed by atoms with van der Waals surface area (Å²) in [6.45, 7) is 1.98. The van der Waals surface area contributed by atoms with Crippen LogP contribution in [0, 0.1) is 5.92 Å². The number of hydrogen-bond acceptors (Lipinski definition) is 4. The molecule has 2 N–H and O–H groups in total. The predicted molar refractivity (Wildman–Crippen MR) is 77.1 cm³/mol. The normalized spacial score (nSPS) is 25.1. The maximum atomic E-state index is 12.4. The van der Waals surface area contributed by atoms with E-state index in [0.29, 0.717) is 25.4 Å². The smallest absolute Gasteiger partial charge is 0.243 e. The lowest BCUT2D eigenvalue weighted by Gasteiger charge is -2.36. The fourth-order valence-electron chi connectivity index (χ4n) is 2.72. The van der Waals surface area contributed by atoms with Crippen LogP contribution in [0.1, 0.15) is 19.3 Å². The van der Waals surface area contributed by atoms with Crippen molar-refractivity contribution in [3.8, 4) is 0 Å². The van der Waals surface area contributed by atoms with Gasteiger partial charge in [0.2, 0.25) is 11.8 Å². The van der Waals surface area contributed by atoms with Gasteiger partial charge in [0.05, 0.1) is 0 Å². The number of carbonyl (C=O) groups excluding carboxylic acids is 2. The molecule has 1 unspecified atom stereocenters. The van der Waals surface area contributed by atoms with Crippen molar-refractivity contribution < 1.29 is 9.59 Å². The van der Waals surface area contributed by atoms with Gasteiger partial charge in [-0.3, -0.25) is 9.59 Å². The predicted octanol–water partition coefficient (Wildman–Crippen LogP) is 0.0661. The average molecular weight is 285 g/mol. The van der Waals surface area contributed by atoms with Gasteiger partial charge in [0.1, 0.15) is 6.04 Å². The van der Waals surface area contributed by atoms with E-state index in [9.17, 15) is 9.59 Å². The number of nitrogens with zero attached hydrogens (tertiary/aromatic N) is 1. The largest absolute Gasteiger partial charge is 0.357 e. The van der Waals surface area contributed by atoms with E-state index in [4.69, 9.17) is 0 Å². The first kappa shape index (κ1) is 14.7. The van der Waals surface area contributed by atoms with Crippen molar-refractivity contribution in [2.45, 2.75) is 25.3 Å². The summed E-state index contributed by atoms with van der Waals surface area (Å²) in [6, 6.07) is -0.343. The lowest BCUT2D eigenvalue weighted by molar-refractivity contribution is -0.142. The zero-order valence-electron chi connectivity index (χ0n) is 11.5. The third-order valence-corrected chi connectivity index (χ3v) is 4.97. The summed E-state index contributed by atoms with van der Waals surface area (Å²) in [7, 11) is 1.62. The summed E-state index contributed by atoms with van der Waals surface area (Å²) in [4.78, 5) is 26.0. The van der Waals surface area contributed by atoms with Crippen LogP contribution in [0.5, 0.6) is 0 Å². The molecule has 0 saturated carbocycles. The Hall–Kier alpha value is -0.750. The van der Waals surface area contributed by atoms with Crippen LogP contribution < -0.4 is 10.6 Å². The lowest BCUT2D eigenvalue weighted by Crippen LogP contribution is -2.59. The van der Waals surface area contributed by atoms with Crippen molar-refractivity contribution in [3.63, 3.8) is 0 Å². The van der Waals surface area contributed by atoms with E-state index in [1.807, 2.05) is 11.8 Å². The summed E-state index contributed by atoms with van der Waals surface area (Å²) in [5.74, 6) is 2.91. The third kappa shape index (κ3) is 3.86. The maximum absolute atomic E-state index is 12.4. The van der Waals surface area contributed by atoms with Crippen LogP contribution in [-0.4, -0.2) is 60.9 Å². The molecule has 0 radical (unpaired) electrons. The molecule has 2 saturated heterocycles. The van der Waals surface area contributed by atoms with Gasteiger partial charge in [-0.2, -0.15) is 11.8 Å². The highest BCUT2D eigenvalue weighted by atomic mass is 32.2. The van der Waals surface area contributed by atoms with Crippen molar-refractivity contribution in [1.82, 2.24) is 15.5 Å². The Morgan fingerprint density at radius 3 is 2.79 bits per heavy atom. The standard InChI is InChI=1S/C13H23N3O2S/c1-14-13(18)11-9-15-4-5-16(11)12(17)8-10-2-6-19-7-3-10/h10-11,15H,2-9H2,1H3,(H,14,18). The SMILES string of the molecule is CNC(=O)C1CNCCN1C(=O)CC1CCSCC1. The molecule has 0 aliphatic carbocycles. The van der Waals surface area contributed by atoms with Crippen molar-refractivity contribution in [1.29, 1.82) is 0 Å². The summed E-state index contributed by atoms with van der Waals surface area (Å²) in [5.41, 5.74) is 0. The molecule has 0 aromatic carbocycles. The second kappa shape index (κ2) is 7.14. The Kier molecular flexibility index (Phi) is 5.51. The number of hydrogen-bond donors (Lipinski definition) is 2. The van der Waals surface area contributed by atoms with E-state index >= 15 is 0 Å². The van der Waals surface area contributed by atoms with Crippen LogP contribution in [0.3, 0.4) is 0 Å². The minimum absolute atomic E-state index is 0.0697. The second-order valence-corrected chi connectivity index (χ2v) is 6.41. The first-order chi connectivity index (χ1) is 9.22. The van der Waals surface area contributed by atoms with Gasteiger partial charge >= 0.3 is 0 Å². The van der Waals surface area contributed by atoms with Crippen LogP contribution >= 0.6 is 11.8 Å². The van der Waals surface area contributed by atoms with Crippen molar-refractivity contribution in [2.24, 2.45) is 5.92 Å². The van der Waals surface area contributed by atoms with Crippen molar-refractivity contribution in [3.05, 3.63) is 0 Å². The fraction of sp³-hybridized carbons (Fsp3) is 0.846. The Balaban J connectivity index is 1.92.